The molecule has 10 nitrogen and oxygen atoms in total. The summed E-state index contributed by atoms with van der Waals surface area (Å²) >= 11 is 0. The molecule has 2 N–H and O–H groups in total. The summed E-state index contributed by atoms with van der Waals surface area (Å²) in [5.41, 5.74) is -1.16. The van der Waals surface area contributed by atoms with Crippen molar-refractivity contribution in [1.82, 2.24) is 15.1 Å². The average Bonchev–Trinajstić information content (AvgIpc) is 2.59. The predicted molar refractivity (Wildman–Crippen MR) is 95.0 cm³/mol. The van der Waals surface area contributed by atoms with E-state index < -0.39 is 39.9 Å². The zero-order chi connectivity index (χ0) is 20.3. The number of nitrogens with zero attached hydrogens (tertiary/aromatic N) is 3. The number of benzene rings is 1. The van der Waals surface area contributed by atoms with Gasteiger partial charge < -0.3 is 10.4 Å². The van der Waals surface area contributed by atoms with Crippen LogP contribution in [0.3, 0.4) is 0 Å². The van der Waals surface area contributed by atoms with E-state index in [1.54, 1.807) is 19.9 Å². The minimum Gasteiger partial charge on any atom is -0.480 e. The van der Waals surface area contributed by atoms with Gasteiger partial charge in [-0.1, -0.05) is 26.0 Å². The molecule has 0 saturated heterocycles. The van der Waals surface area contributed by atoms with E-state index in [1.165, 1.54) is 25.1 Å². The van der Waals surface area contributed by atoms with Crippen molar-refractivity contribution < 1.29 is 19.6 Å². The van der Waals surface area contributed by atoms with Gasteiger partial charge >= 0.3 is 5.97 Å². The van der Waals surface area contributed by atoms with Crippen molar-refractivity contribution in [2.75, 3.05) is 0 Å². The number of amides is 1. The van der Waals surface area contributed by atoms with Gasteiger partial charge in [0.25, 0.3) is 11.6 Å². The van der Waals surface area contributed by atoms with Gasteiger partial charge in [-0.15, -0.1) is 0 Å². The second-order valence-corrected chi connectivity index (χ2v) is 6.19. The van der Waals surface area contributed by atoms with Crippen LogP contribution in [0.2, 0.25) is 0 Å². The Morgan fingerprint density at radius 2 is 1.93 bits per heavy atom. The number of nitro groups is 1. The molecule has 10 heteroatoms. The number of carbonyl (C=O) groups is 2. The van der Waals surface area contributed by atoms with Crippen molar-refractivity contribution in [3.63, 3.8) is 0 Å². The molecular weight excluding hydrogens is 356 g/mol. The van der Waals surface area contributed by atoms with Crippen molar-refractivity contribution in [3.8, 4) is 5.69 Å². The number of nitro benzene ring substituents is 1. The van der Waals surface area contributed by atoms with E-state index in [9.17, 15) is 29.6 Å². The second-order valence-electron chi connectivity index (χ2n) is 6.19. The lowest BCUT2D eigenvalue weighted by molar-refractivity contribution is -0.384. The summed E-state index contributed by atoms with van der Waals surface area (Å²) < 4.78 is 1.11. The average molecular weight is 374 g/mol. The molecule has 1 atom stereocenters. The number of rotatable bonds is 6. The minimum atomic E-state index is -1.25. The fourth-order valence-electron chi connectivity index (χ4n) is 2.47. The largest absolute Gasteiger partial charge is 0.480 e. The molecule has 1 heterocycles. The Bertz CT molecular complexity index is 966. The standard InChI is InChI=1S/C17H18N4O6/c1-9(2)14(17(24)25)18-16(23)15-13(22)8-10(3)20(19-15)11-6-4-5-7-12(11)21(26)27/h4-9,14H,1-3H3,(H,18,23)(H,24,25)/t14-/m1/s1. The summed E-state index contributed by atoms with van der Waals surface area (Å²) in [6.07, 6.45) is 0. The number of carboxylic acids is 1. The molecule has 2 rings (SSSR count). The third-order valence-corrected chi connectivity index (χ3v) is 3.85. The van der Waals surface area contributed by atoms with Crippen LogP contribution in [0, 0.1) is 23.0 Å². The molecule has 0 fully saturated rings. The topological polar surface area (TPSA) is 144 Å². The molecule has 0 saturated carbocycles. The van der Waals surface area contributed by atoms with Gasteiger partial charge in [0.2, 0.25) is 5.43 Å². The molecule has 1 aromatic heterocycles. The summed E-state index contributed by atoms with van der Waals surface area (Å²) in [4.78, 5) is 46.5. The summed E-state index contributed by atoms with van der Waals surface area (Å²) in [7, 11) is 0. The first-order valence-corrected chi connectivity index (χ1v) is 8.02. The zero-order valence-electron chi connectivity index (χ0n) is 14.9. The molecule has 0 aliphatic carbocycles. The molecule has 1 amide bonds. The number of aromatic nitrogens is 2. The predicted octanol–water partition coefficient (Wildman–Crippen LogP) is 1.29. The highest BCUT2D eigenvalue weighted by atomic mass is 16.6. The Labute approximate surface area is 153 Å². The van der Waals surface area contributed by atoms with Gasteiger partial charge in [-0.2, -0.15) is 5.10 Å². The SMILES string of the molecule is Cc1cc(=O)c(C(=O)N[C@@H](C(=O)O)C(C)C)nn1-c1ccccc1[N+](=O)[O-]. The van der Waals surface area contributed by atoms with E-state index in [2.05, 4.69) is 10.4 Å². The zero-order valence-corrected chi connectivity index (χ0v) is 14.9. The van der Waals surface area contributed by atoms with Gasteiger partial charge in [0.1, 0.15) is 11.7 Å². The van der Waals surface area contributed by atoms with Crippen LogP contribution in [0.4, 0.5) is 5.69 Å². The van der Waals surface area contributed by atoms with E-state index in [1.807, 2.05) is 0 Å². The Morgan fingerprint density at radius 1 is 1.30 bits per heavy atom. The van der Waals surface area contributed by atoms with Gasteiger partial charge in [0.15, 0.2) is 5.69 Å². The number of carboxylic acid groups (broad SMARTS) is 1. The van der Waals surface area contributed by atoms with Gasteiger partial charge in [0, 0.05) is 17.8 Å². The van der Waals surface area contributed by atoms with Gasteiger partial charge in [0.05, 0.1) is 4.92 Å². The maximum absolute atomic E-state index is 12.4. The summed E-state index contributed by atoms with van der Waals surface area (Å²) in [5, 5.41) is 26.6. The van der Waals surface area contributed by atoms with E-state index in [0.29, 0.717) is 0 Å². The quantitative estimate of drug-likeness (QED) is 0.572. The van der Waals surface area contributed by atoms with Crippen molar-refractivity contribution in [3.05, 3.63) is 62.1 Å². The van der Waals surface area contributed by atoms with Crippen molar-refractivity contribution >= 4 is 17.6 Å². The Morgan fingerprint density at radius 3 is 2.48 bits per heavy atom. The molecule has 142 valence electrons. The molecule has 27 heavy (non-hydrogen) atoms. The lowest BCUT2D eigenvalue weighted by Gasteiger charge is -2.18. The first-order chi connectivity index (χ1) is 12.6. The van der Waals surface area contributed by atoms with Gasteiger partial charge in [-0.25, -0.2) is 9.48 Å². The number of nitrogens with one attached hydrogen (secondary N) is 1. The molecule has 0 radical (unpaired) electrons. The van der Waals surface area contributed by atoms with E-state index >= 15 is 0 Å². The Balaban J connectivity index is 2.54. The molecule has 2 aromatic rings. The van der Waals surface area contributed by atoms with Gasteiger partial charge in [-0.3, -0.25) is 19.7 Å². The lowest BCUT2D eigenvalue weighted by atomic mass is 10.0. The Kier molecular flexibility index (Phi) is 5.69. The van der Waals surface area contributed by atoms with E-state index in [0.717, 1.165) is 10.7 Å². The number of aryl methyl sites for hydroxylation is 1. The molecule has 0 bridgehead atoms. The highest BCUT2D eigenvalue weighted by molar-refractivity contribution is 5.94. The maximum Gasteiger partial charge on any atom is 0.326 e. The maximum atomic E-state index is 12.4. The summed E-state index contributed by atoms with van der Waals surface area (Å²) in [6, 6.07) is 5.64. The third kappa shape index (κ3) is 4.17. The molecule has 1 aromatic carbocycles. The van der Waals surface area contributed by atoms with Crippen LogP contribution in [0.15, 0.2) is 35.1 Å². The van der Waals surface area contributed by atoms with E-state index in [4.69, 9.17) is 0 Å². The summed E-state index contributed by atoms with van der Waals surface area (Å²) in [5.74, 6) is -2.63. The van der Waals surface area contributed by atoms with Crippen molar-refractivity contribution in [1.29, 1.82) is 0 Å². The fourth-order valence-corrected chi connectivity index (χ4v) is 2.47. The summed E-state index contributed by atoms with van der Waals surface area (Å²) in [6.45, 7) is 4.72. The van der Waals surface area contributed by atoms with Crippen LogP contribution >= 0.6 is 0 Å². The van der Waals surface area contributed by atoms with Gasteiger partial charge in [-0.05, 0) is 18.9 Å². The van der Waals surface area contributed by atoms with Crippen LogP contribution in [0.5, 0.6) is 0 Å². The third-order valence-electron chi connectivity index (χ3n) is 3.85. The van der Waals surface area contributed by atoms with Crippen LogP contribution in [0.1, 0.15) is 30.0 Å². The number of aliphatic carboxylic acids is 1. The molecular formula is C17H18N4O6. The number of carbonyl (C=O) groups excluding carboxylic acids is 1. The minimum absolute atomic E-state index is 0.0766. The van der Waals surface area contributed by atoms with Crippen LogP contribution in [0.25, 0.3) is 5.69 Å². The van der Waals surface area contributed by atoms with Crippen LogP contribution in [-0.4, -0.2) is 37.7 Å². The Hall–Kier alpha value is -3.56. The number of para-hydroxylation sites is 2. The van der Waals surface area contributed by atoms with E-state index in [-0.39, 0.29) is 17.1 Å². The van der Waals surface area contributed by atoms with Crippen molar-refractivity contribution in [2.24, 2.45) is 5.92 Å². The van der Waals surface area contributed by atoms with Crippen molar-refractivity contribution in [2.45, 2.75) is 26.8 Å². The number of hydrogen-bond donors (Lipinski definition) is 2. The first kappa shape index (κ1) is 19.8. The lowest BCUT2D eigenvalue weighted by Crippen LogP contribution is -2.46. The molecule has 0 unspecified atom stereocenters. The molecule has 0 spiro atoms. The van der Waals surface area contributed by atoms with Crippen LogP contribution in [-0.2, 0) is 4.79 Å². The molecule has 0 aliphatic rings. The smallest absolute Gasteiger partial charge is 0.326 e. The monoisotopic (exact) mass is 374 g/mol. The highest BCUT2D eigenvalue weighted by Gasteiger charge is 2.26. The fraction of sp³-hybridized carbons (Fsp3) is 0.294. The second kappa shape index (κ2) is 7.77. The number of hydrogen-bond acceptors (Lipinski definition) is 6. The normalized spacial score (nSPS) is 11.9. The highest BCUT2D eigenvalue weighted by Crippen LogP contribution is 2.22. The molecule has 0 aliphatic heterocycles. The van der Waals surface area contributed by atoms with Crippen LogP contribution < -0.4 is 10.7 Å². The first-order valence-electron chi connectivity index (χ1n) is 8.02.